The van der Waals surface area contributed by atoms with Gasteiger partial charge in [-0.2, -0.15) is 10.2 Å². The minimum absolute atomic E-state index is 0.0830. The third-order valence-corrected chi connectivity index (χ3v) is 5.29. The van der Waals surface area contributed by atoms with Gasteiger partial charge in [-0.05, 0) is 54.4 Å². The molecule has 0 saturated carbocycles. The second-order valence-corrected chi connectivity index (χ2v) is 8.11. The molecule has 1 N–H and O–H groups in total. The summed E-state index contributed by atoms with van der Waals surface area (Å²) in [5.41, 5.74) is 2.27. The number of nitrogens with one attached hydrogen (secondary N) is 1. The maximum absolute atomic E-state index is 14.6. The summed E-state index contributed by atoms with van der Waals surface area (Å²) in [7, 11) is 1.17. The van der Waals surface area contributed by atoms with Crippen molar-refractivity contribution in [3.63, 3.8) is 0 Å². The smallest absolute Gasteiger partial charge is 0.340 e. The highest BCUT2D eigenvalue weighted by atomic mass is 19.1. The van der Waals surface area contributed by atoms with Crippen molar-refractivity contribution in [1.82, 2.24) is 20.2 Å². The molecule has 0 radical (unpaired) electrons. The topological polar surface area (TPSA) is 107 Å². The molecule has 2 heterocycles. The van der Waals surface area contributed by atoms with E-state index in [0.29, 0.717) is 17.1 Å². The Morgan fingerprint density at radius 1 is 1.06 bits per heavy atom. The van der Waals surface area contributed by atoms with Gasteiger partial charge < -0.3 is 14.5 Å². The number of halogens is 1. The van der Waals surface area contributed by atoms with E-state index in [9.17, 15) is 14.0 Å². The van der Waals surface area contributed by atoms with Crippen LogP contribution in [0.1, 0.15) is 47.2 Å². The minimum Gasteiger partial charge on any atom is -0.465 e. The molecule has 9 heteroatoms. The molecule has 0 amide bonds. The highest BCUT2D eigenvalue weighted by Gasteiger charge is 2.19. The van der Waals surface area contributed by atoms with Gasteiger partial charge in [0.05, 0.1) is 24.1 Å². The third-order valence-electron chi connectivity index (χ3n) is 5.29. The van der Waals surface area contributed by atoms with Crippen molar-refractivity contribution in [3.8, 4) is 22.8 Å². The monoisotopic (exact) mass is 474 g/mol. The zero-order chi connectivity index (χ0) is 24.9. The SMILES string of the molecule is COC(=O)c1cc(Oc2ccc(-c3ccc(C(C)C)nn3)cc2)c(Cc2nccc(=O)[nH]2)cc1F. The van der Waals surface area contributed by atoms with Gasteiger partial charge in [0, 0.05) is 29.8 Å². The van der Waals surface area contributed by atoms with Crippen LogP contribution in [0.5, 0.6) is 11.5 Å². The highest BCUT2D eigenvalue weighted by molar-refractivity contribution is 5.90. The molecule has 0 atom stereocenters. The van der Waals surface area contributed by atoms with Crippen molar-refractivity contribution < 1.29 is 18.7 Å². The maximum atomic E-state index is 14.6. The van der Waals surface area contributed by atoms with Crippen molar-refractivity contribution >= 4 is 5.97 Å². The van der Waals surface area contributed by atoms with Crippen LogP contribution in [0.2, 0.25) is 0 Å². The first kappa shape index (κ1) is 23.7. The molecule has 0 saturated heterocycles. The van der Waals surface area contributed by atoms with Crippen LogP contribution in [0.15, 0.2) is 65.6 Å². The van der Waals surface area contributed by atoms with Gasteiger partial charge in [0.15, 0.2) is 0 Å². The largest absolute Gasteiger partial charge is 0.465 e. The van der Waals surface area contributed by atoms with Gasteiger partial charge in [-0.1, -0.05) is 13.8 Å². The van der Waals surface area contributed by atoms with E-state index in [4.69, 9.17) is 4.74 Å². The van der Waals surface area contributed by atoms with Gasteiger partial charge in [0.1, 0.15) is 23.1 Å². The van der Waals surface area contributed by atoms with Crippen molar-refractivity contribution in [2.24, 2.45) is 0 Å². The molecule has 0 aliphatic rings. The van der Waals surface area contributed by atoms with Crippen molar-refractivity contribution in [2.75, 3.05) is 7.11 Å². The lowest BCUT2D eigenvalue weighted by Crippen LogP contribution is -2.11. The van der Waals surface area contributed by atoms with Crippen LogP contribution in [0.3, 0.4) is 0 Å². The summed E-state index contributed by atoms with van der Waals surface area (Å²) < 4.78 is 25.3. The zero-order valence-electron chi connectivity index (χ0n) is 19.4. The summed E-state index contributed by atoms with van der Waals surface area (Å²) in [5, 5.41) is 8.54. The number of carbonyl (C=O) groups is 1. The Morgan fingerprint density at radius 2 is 1.83 bits per heavy atom. The number of benzene rings is 2. The van der Waals surface area contributed by atoms with Crippen molar-refractivity contribution in [2.45, 2.75) is 26.2 Å². The van der Waals surface area contributed by atoms with E-state index in [1.807, 2.05) is 24.3 Å². The Labute approximate surface area is 200 Å². The van der Waals surface area contributed by atoms with Crippen LogP contribution in [-0.2, 0) is 11.2 Å². The molecule has 35 heavy (non-hydrogen) atoms. The molecule has 8 nitrogen and oxygen atoms in total. The zero-order valence-corrected chi connectivity index (χ0v) is 19.4. The van der Waals surface area contributed by atoms with E-state index in [1.165, 1.54) is 31.5 Å². The quantitative estimate of drug-likeness (QED) is 0.388. The Balaban J connectivity index is 1.64. The summed E-state index contributed by atoms with van der Waals surface area (Å²) in [4.78, 5) is 30.4. The lowest BCUT2D eigenvalue weighted by Gasteiger charge is -2.14. The fourth-order valence-electron chi connectivity index (χ4n) is 3.40. The van der Waals surface area contributed by atoms with E-state index in [-0.39, 0.29) is 29.2 Å². The molecular weight excluding hydrogens is 451 g/mol. The second-order valence-electron chi connectivity index (χ2n) is 8.11. The lowest BCUT2D eigenvalue weighted by atomic mass is 10.1. The van der Waals surface area contributed by atoms with Crippen molar-refractivity contribution in [3.05, 3.63) is 99.6 Å². The van der Waals surface area contributed by atoms with Crippen LogP contribution in [-0.4, -0.2) is 33.2 Å². The fraction of sp³-hybridized carbons (Fsp3) is 0.192. The van der Waals surface area contributed by atoms with Gasteiger partial charge in [0.25, 0.3) is 5.56 Å². The number of ether oxygens (including phenoxy) is 2. The summed E-state index contributed by atoms with van der Waals surface area (Å²) in [5.74, 6) is -0.298. The number of H-pyrrole nitrogens is 1. The molecule has 4 rings (SSSR count). The van der Waals surface area contributed by atoms with Crippen LogP contribution in [0, 0.1) is 5.82 Å². The molecule has 0 aliphatic carbocycles. The molecule has 0 bridgehead atoms. The average Bonchev–Trinajstić information content (AvgIpc) is 2.85. The average molecular weight is 474 g/mol. The van der Waals surface area contributed by atoms with Gasteiger partial charge in [-0.3, -0.25) is 4.79 Å². The summed E-state index contributed by atoms with van der Waals surface area (Å²) in [6.07, 6.45) is 1.45. The lowest BCUT2D eigenvalue weighted by molar-refractivity contribution is 0.0595. The number of hydrogen-bond acceptors (Lipinski definition) is 7. The van der Waals surface area contributed by atoms with E-state index >= 15 is 0 Å². The maximum Gasteiger partial charge on any atom is 0.340 e. The number of hydrogen-bond donors (Lipinski definition) is 1. The number of aromatic nitrogens is 4. The van der Waals surface area contributed by atoms with E-state index in [2.05, 4.69) is 38.7 Å². The van der Waals surface area contributed by atoms with E-state index < -0.39 is 11.8 Å². The normalized spacial score (nSPS) is 10.9. The first-order chi connectivity index (χ1) is 16.8. The van der Waals surface area contributed by atoms with Gasteiger partial charge >= 0.3 is 5.97 Å². The molecule has 0 fully saturated rings. The van der Waals surface area contributed by atoms with Crippen LogP contribution < -0.4 is 10.3 Å². The summed E-state index contributed by atoms with van der Waals surface area (Å²) in [6, 6.07) is 14.7. The number of nitrogens with zero attached hydrogens (tertiary/aromatic N) is 3. The fourth-order valence-corrected chi connectivity index (χ4v) is 3.40. The Kier molecular flexibility index (Phi) is 6.96. The number of esters is 1. The number of aromatic amines is 1. The molecule has 2 aromatic heterocycles. The van der Waals surface area contributed by atoms with E-state index in [1.54, 1.807) is 12.1 Å². The molecule has 0 aliphatic heterocycles. The summed E-state index contributed by atoms with van der Waals surface area (Å²) in [6.45, 7) is 4.10. The van der Waals surface area contributed by atoms with Crippen molar-refractivity contribution in [1.29, 1.82) is 0 Å². The number of methoxy groups -OCH3 is 1. The standard InChI is InChI=1S/C26H23FN4O4/c1-15(2)21-8-9-22(31-30-21)16-4-6-18(7-5-16)35-23-14-19(26(33)34-3)20(27)12-17(23)13-24-28-11-10-25(32)29-24/h4-12,14-15H,13H2,1-3H3,(H,28,29,32). The molecule has 178 valence electrons. The Bertz CT molecular complexity index is 1400. The first-order valence-corrected chi connectivity index (χ1v) is 10.9. The van der Waals surface area contributed by atoms with Crippen LogP contribution in [0.25, 0.3) is 11.3 Å². The summed E-state index contributed by atoms with van der Waals surface area (Å²) >= 11 is 0. The van der Waals surface area contributed by atoms with Crippen LogP contribution in [0.4, 0.5) is 4.39 Å². The van der Waals surface area contributed by atoms with Gasteiger partial charge in [-0.25, -0.2) is 14.2 Å². The van der Waals surface area contributed by atoms with Gasteiger partial charge in [0.2, 0.25) is 0 Å². The van der Waals surface area contributed by atoms with Gasteiger partial charge in [-0.15, -0.1) is 0 Å². The third kappa shape index (κ3) is 5.57. The predicted octanol–water partition coefficient (Wildman–Crippen LogP) is 4.66. The number of carbonyl (C=O) groups excluding carboxylic acids is 1. The molecule has 4 aromatic rings. The molecule has 0 spiro atoms. The molecular formula is C26H23FN4O4. The molecule has 0 unspecified atom stereocenters. The van der Waals surface area contributed by atoms with Crippen LogP contribution >= 0.6 is 0 Å². The minimum atomic E-state index is -0.830. The highest BCUT2D eigenvalue weighted by Crippen LogP contribution is 2.31. The van der Waals surface area contributed by atoms with E-state index in [0.717, 1.165) is 17.0 Å². The Hall–Kier alpha value is -4.40. The number of rotatable bonds is 7. The second kappa shape index (κ2) is 10.3. The predicted molar refractivity (Wildman–Crippen MR) is 127 cm³/mol. The molecule has 2 aromatic carbocycles. The Morgan fingerprint density at radius 3 is 2.46 bits per heavy atom. The first-order valence-electron chi connectivity index (χ1n) is 10.9.